The van der Waals surface area contributed by atoms with Crippen LogP contribution in [0.5, 0.6) is 11.5 Å². The fourth-order valence-corrected chi connectivity index (χ4v) is 3.56. The summed E-state index contributed by atoms with van der Waals surface area (Å²) in [6.45, 7) is 5.54. The molecule has 1 atom stereocenters. The molecule has 6 nitrogen and oxygen atoms in total. The van der Waals surface area contributed by atoms with Crippen LogP contribution in [0.2, 0.25) is 0 Å². The van der Waals surface area contributed by atoms with Crippen LogP contribution in [-0.4, -0.2) is 48.3 Å². The number of benzene rings is 1. The van der Waals surface area contributed by atoms with Crippen molar-refractivity contribution in [2.75, 3.05) is 27.3 Å². The van der Waals surface area contributed by atoms with E-state index in [1.165, 1.54) is 0 Å². The Morgan fingerprint density at radius 1 is 1.31 bits per heavy atom. The maximum Gasteiger partial charge on any atom is 0.222 e. The molecule has 0 unspecified atom stereocenters. The van der Waals surface area contributed by atoms with E-state index in [-0.39, 0.29) is 11.8 Å². The molecule has 1 aromatic heterocycles. The smallest absolute Gasteiger partial charge is 0.222 e. The summed E-state index contributed by atoms with van der Waals surface area (Å²) in [6.07, 6.45) is 2.11. The molecular formula is C20H27N3O3. The molecule has 1 fully saturated rings. The van der Waals surface area contributed by atoms with E-state index in [0.29, 0.717) is 12.8 Å². The summed E-state index contributed by atoms with van der Waals surface area (Å²) < 4.78 is 10.8. The minimum absolute atomic E-state index is 0.189. The molecule has 140 valence electrons. The Labute approximate surface area is 154 Å². The molecule has 1 aliphatic heterocycles. The van der Waals surface area contributed by atoms with Gasteiger partial charge in [-0.3, -0.25) is 9.89 Å². The van der Waals surface area contributed by atoms with Crippen LogP contribution in [0, 0.1) is 13.8 Å². The molecule has 0 saturated carbocycles. The van der Waals surface area contributed by atoms with Crippen molar-refractivity contribution >= 4 is 5.91 Å². The van der Waals surface area contributed by atoms with Gasteiger partial charge in [0.25, 0.3) is 0 Å². The van der Waals surface area contributed by atoms with Crippen molar-refractivity contribution in [3.05, 3.63) is 40.7 Å². The molecule has 3 rings (SSSR count). The standard InChI is InChI=1S/C20H27N3O3/c1-13-14(2)21-22-18(13)6-8-20(24)23-10-9-15(12-23)17-11-16(25-3)5-7-19(17)26-4/h5,7,11,15H,6,8-10,12H2,1-4H3,(H,21,22)/t15-/m0/s1. The van der Waals surface area contributed by atoms with Gasteiger partial charge in [-0.15, -0.1) is 0 Å². The van der Waals surface area contributed by atoms with Crippen molar-refractivity contribution in [2.45, 2.75) is 39.0 Å². The maximum atomic E-state index is 12.6. The number of hydrogen-bond donors (Lipinski definition) is 1. The number of aromatic amines is 1. The van der Waals surface area contributed by atoms with Gasteiger partial charge in [0.15, 0.2) is 0 Å². The fraction of sp³-hybridized carbons (Fsp3) is 0.500. The van der Waals surface area contributed by atoms with Crippen molar-refractivity contribution in [3.8, 4) is 11.5 Å². The zero-order valence-corrected chi connectivity index (χ0v) is 16.0. The Hall–Kier alpha value is -2.50. The second kappa shape index (κ2) is 7.81. The lowest BCUT2D eigenvalue weighted by atomic mass is 9.97. The first kappa shape index (κ1) is 18.3. The number of carbonyl (C=O) groups excluding carboxylic acids is 1. The van der Waals surface area contributed by atoms with Crippen LogP contribution < -0.4 is 9.47 Å². The maximum absolute atomic E-state index is 12.6. The summed E-state index contributed by atoms with van der Waals surface area (Å²) in [5, 5.41) is 7.27. The summed E-state index contributed by atoms with van der Waals surface area (Å²) in [7, 11) is 3.34. The number of carbonyl (C=O) groups is 1. The number of amides is 1. The second-order valence-corrected chi connectivity index (χ2v) is 6.85. The van der Waals surface area contributed by atoms with Gasteiger partial charge >= 0.3 is 0 Å². The van der Waals surface area contributed by atoms with Crippen LogP contribution in [0.1, 0.15) is 41.3 Å². The lowest BCUT2D eigenvalue weighted by molar-refractivity contribution is -0.130. The Morgan fingerprint density at radius 3 is 2.77 bits per heavy atom. The Bertz CT molecular complexity index is 785. The lowest BCUT2D eigenvalue weighted by Gasteiger charge is -2.18. The summed E-state index contributed by atoms with van der Waals surface area (Å²) >= 11 is 0. The van der Waals surface area contributed by atoms with Gasteiger partial charge in [-0.2, -0.15) is 5.10 Å². The van der Waals surface area contributed by atoms with E-state index in [1.807, 2.05) is 36.9 Å². The number of aryl methyl sites for hydroxylation is 2. The topological polar surface area (TPSA) is 67.5 Å². The molecule has 1 N–H and O–H groups in total. The highest BCUT2D eigenvalue weighted by Gasteiger charge is 2.29. The van der Waals surface area contributed by atoms with E-state index in [2.05, 4.69) is 10.2 Å². The van der Waals surface area contributed by atoms with Crippen LogP contribution in [0.15, 0.2) is 18.2 Å². The number of aromatic nitrogens is 2. The Morgan fingerprint density at radius 2 is 2.12 bits per heavy atom. The minimum Gasteiger partial charge on any atom is -0.497 e. The first-order valence-corrected chi connectivity index (χ1v) is 9.03. The first-order valence-electron chi connectivity index (χ1n) is 9.03. The van der Waals surface area contributed by atoms with Gasteiger partial charge in [-0.05, 0) is 44.0 Å². The SMILES string of the molecule is COc1ccc(OC)c([C@H]2CCN(C(=O)CCc3n[nH]c(C)c3C)C2)c1. The van der Waals surface area contributed by atoms with Crippen molar-refractivity contribution < 1.29 is 14.3 Å². The number of rotatable bonds is 6. The number of ether oxygens (including phenoxy) is 2. The highest BCUT2D eigenvalue weighted by atomic mass is 16.5. The molecule has 26 heavy (non-hydrogen) atoms. The molecule has 1 amide bonds. The molecule has 0 bridgehead atoms. The third-order valence-corrected chi connectivity index (χ3v) is 5.35. The lowest BCUT2D eigenvalue weighted by Crippen LogP contribution is -2.28. The van der Waals surface area contributed by atoms with E-state index in [1.54, 1.807) is 14.2 Å². The number of nitrogens with one attached hydrogen (secondary N) is 1. The van der Waals surface area contributed by atoms with Crippen LogP contribution in [-0.2, 0) is 11.2 Å². The minimum atomic E-state index is 0.189. The largest absolute Gasteiger partial charge is 0.497 e. The molecule has 1 saturated heterocycles. The van der Waals surface area contributed by atoms with Crippen molar-refractivity contribution in [1.29, 1.82) is 0 Å². The van der Waals surface area contributed by atoms with Gasteiger partial charge in [0.1, 0.15) is 11.5 Å². The average molecular weight is 357 g/mol. The molecule has 0 spiro atoms. The summed E-state index contributed by atoms with van der Waals surface area (Å²) in [5.74, 6) is 2.13. The molecule has 0 aliphatic carbocycles. The average Bonchev–Trinajstić information content (AvgIpc) is 3.27. The molecule has 6 heteroatoms. The van der Waals surface area contributed by atoms with E-state index in [0.717, 1.165) is 53.5 Å². The number of hydrogen-bond acceptors (Lipinski definition) is 4. The summed E-state index contributed by atoms with van der Waals surface area (Å²) in [5.41, 5.74) is 4.32. The molecule has 0 radical (unpaired) electrons. The zero-order valence-electron chi connectivity index (χ0n) is 16.0. The zero-order chi connectivity index (χ0) is 18.7. The van der Waals surface area contributed by atoms with E-state index in [9.17, 15) is 4.79 Å². The Balaban J connectivity index is 1.63. The molecule has 2 aromatic rings. The third-order valence-electron chi connectivity index (χ3n) is 5.35. The molecule has 1 aromatic carbocycles. The van der Waals surface area contributed by atoms with E-state index >= 15 is 0 Å². The summed E-state index contributed by atoms with van der Waals surface area (Å²) in [6, 6.07) is 5.85. The fourth-order valence-electron chi connectivity index (χ4n) is 3.56. The highest BCUT2D eigenvalue weighted by Crippen LogP contribution is 2.36. The van der Waals surface area contributed by atoms with Gasteiger partial charge < -0.3 is 14.4 Å². The normalized spacial score (nSPS) is 16.8. The van der Waals surface area contributed by atoms with Crippen LogP contribution in [0.25, 0.3) is 0 Å². The predicted molar refractivity (Wildman–Crippen MR) is 99.9 cm³/mol. The van der Waals surface area contributed by atoms with Gasteiger partial charge in [-0.25, -0.2) is 0 Å². The molecule has 2 heterocycles. The van der Waals surface area contributed by atoms with Crippen molar-refractivity contribution in [1.82, 2.24) is 15.1 Å². The van der Waals surface area contributed by atoms with E-state index < -0.39 is 0 Å². The number of likely N-dealkylation sites (tertiary alicyclic amines) is 1. The predicted octanol–water partition coefficient (Wildman–Crippen LogP) is 2.99. The van der Waals surface area contributed by atoms with Gasteiger partial charge in [-0.1, -0.05) is 0 Å². The second-order valence-electron chi connectivity index (χ2n) is 6.85. The van der Waals surface area contributed by atoms with Crippen molar-refractivity contribution in [3.63, 3.8) is 0 Å². The number of H-pyrrole nitrogens is 1. The summed E-state index contributed by atoms with van der Waals surface area (Å²) in [4.78, 5) is 14.6. The van der Waals surface area contributed by atoms with Gasteiger partial charge in [0.2, 0.25) is 5.91 Å². The monoisotopic (exact) mass is 357 g/mol. The third kappa shape index (κ3) is 3.69. The van der Waals surface area contributed by atoms with Gasteiger partial charge in [0.05, 0.1) is 19.9 Å². The Kier molecular flexibility index (Phi) is 5.49. The number of nitrogens with zero attached hydrogens (tertiary/aromatic N) is 2. The van der Waals surface area contributed by atoms with Gasteiger partial charge in [0, 0.05) is 43.1 Å². The van der Waals surface area contributed by atoms with E-state index in [4.69, 9.17) is 9.47 Å². The molecular weight excluding hydrogens is 330 g/mol. The quantitative estimate of drug-likeness (QED) is 0.863. The van der Waals surface area contributed by atoms with Crippen LogP contribution >= 0.6 is 0 Å². The van der Waals surface area contributed by atoms with Crippen LogP contribution in [0.4, 0.5) is 0 Å². The first-order chi connectivity index (χ1) is 12.5. The van der Waals surface area contributed by atoms with Crippen molar-refractivity contribution in [2.24, 2.45) is 0 Å². The van der Waals surface area contributed by atoms with Crippen LogP contribution in [0.3, 0.4) is 0 Å². The number of methoxy groups -OCH3 is 2. The highest BCUT2D eigenvalue weighted by molar-refractivity contribution is 5.77. The molecule has 1 aliphatic rings.